The molecule has 1 saturated carbocycles. The largest absolute Gasteiger partial charge is 0.482 e. The van der Waals surface area contributed by atoms with E-state index in [0.717, 1.165) is 24.8 Å². The Morgan fingerprint density at radius 1 is 1.58 bits per heavy atom. The summed E-state index contributed by atoms with van der Waals surface area (Å²) in [4.78, 5) is 11.5. The van der Waals surface area contributed by atoms with Gasteiger partial charge in [-0.1, -0.05) is 17.7 Å². The van der Waals surface area contributed by atoms with Crippen LogP contribution in [0.1, 0.15) is 25.3 Å². The third kappa shape index (κ3) is 4.73. The average Bonchev–Trinajstić information content (AvgIpc) is 3.11. The van der Waals surface area contributed by atoms with E-state index in [1.807, 2.05) is 19.1 Å². The van der Waals surface area contributed by atoms with Gasteiger partial charge in [0, 0.05) is 12.1 Å². The quantitative estimate of drug-likeness (QED) is 0.837. The molecule has 1 atom stereocenters. The minimum absolute atomic E-state index is 0.00284. The van der Waals surface area contributed by atoms with Gasteiger partial charge >= 0.3 is 0 Å². The minimum atomic E-state index is -0.0989. The normalized spacial score (nSPS) is 15.9. The fourth-order valence-electron chi connectivity index (χ4n) is 1.80. The molecule has 19 heavy (non-hydrogen) atoms. The summed E-state index contributed by atoms with van der Waals surface area (Å²) in [6.45, 7) is 1.95. The highest BCUT2D eigenvalue weighted by atomic mass is 35.5. The van der Waals surface area contributed by atoms with Gasteiger partial charge in [0.1, 0.15) is 5.75 Å². The molecule has 0 aliphatic heterocycles. The SMILES string of the molecule is CC(N)Cc1ccc(OCC(=O)NC2CC2)c(Cl)c1. The van der Waals surface area contributed by atoms with Crippen LogP contribution in [0.3, 0.4) is 0 Å². The maximum Gasteiger partial charge on any atom is 0.258 e. The summed E-state index contributed by atoms with van der Waals surface area (Å²) in [5.74, 6) is 0.430. The van der Waals surface area contributed by atoms with E-state index in [-0.39, 0.29) is 18.6 Å². The Labute approximate surface area is 118 Å². The zero-order valence-electron chi connectivity index (χ0n) is 11.0. The van der Waals surface area contributed by atoms with Crippen LogP contribution < -0.4 is 15.8 Å². The van der Waals surface area contributed by atoms with Gasteiger partial charge in [0.05, 0.1) is 5.02 Å². The number of rotatable bonds is 6. The van der Waals surface area contributed by atoms with Crippen LogP contribution in [0.25, 0.3) is 0 Å². The maximum absolute atomic E-state index is 11.5. The molecule has 0 radical (unpaired) electrons. The first-order chi connectivity index (χ1) is 9.04. The summed E-state index contributed by atoms with van der Waals surface area (Å²) in [6, 6.07) is 5.97. The molecule has 0 heterocycles. The number of nitrogens with two attached hydrogens (primary N) is 1. The second kappa shape index (κ2) is 6.26. The zero-order valence-corrected chi connectivity index (χ0v) is 11.7. The van der Waals surface area contributed by atoms with E-state index in [9.17, 15) is 4.79 Å². The van der Waals surface area contributed by atoms with Gasteiger partial charge in [0.15, 0.2) is 6.61 Å². The van der Waals surface area contributed by atoms with Crippen LogP contribution in [0.2, 0.25) is 5.02 Å². The van der Waals surface area contributed by atoms with Crippen LogP contribution >= 0.6 is 11.6 Å². The van der Waals surface area contributed by atoms with Crippen LogP contribution in [0.5, 0.6) is 5.75 Å². The first kappa shape index (κ1) is 14.2. The third-order valence-corrected chi connectivity index (χ3v) is 3.15. The number of halogens is 1. The van der Waals surface area contributed by atoms with E-state index in [1.54, 1.807) is 6.07 Å². The molecule has 2 rings (SSSR count). The Hall–Kier alpha value is -1.26. The number of hydrogen-bond acceptors (Lipinski definition) is 3. The molecule has 0 bridgehead atoms. The van der Waals surface area contributed by atoms with E-state index in [2.05, 4.69) is 5.32 Å². The van der Waals surface area contributed by atoms with Crippen molar-refractivity contribution in [3.05, 3.63) is 28.8 Å². The molecule has 1 fully saturated rings. The fraction of sp³-hybridized carbons (Fsp3) is 0.500. The van der Waals surface area contributed by atoms with Gasteiger partial charge in [-0.25, -0.2) is 0 Å². The molecule has 0 aromatic heterocycles. The second-order valence-corrected chi connectivity index (χ2v) is 5.48. The Morgan fingerprint density at radius 2 is 2.32 bits per heavy atom. The number of ether oxygens (including phenoxy) is 1. The Balaban J connectivity index is 1.87. The van der Waals surface area contributed by atoms with Crippen molar-refractivity contribution in [2.24, 2.45) is 5.73 Å². The molecular formula is C14H19ClN2O2. The molecule has 3 N–H and O–H groups in total. The predicted octanol–water partition coefficient (Wildman–Crippen LogP) is 1.89. The number of benzene rings is 1. The number of nitrogens with one attached hydrogen (secondary N) is 1. The Kier molecular flexibility index (Phi) is 4.66. The predicted molar refractivity (Wildman–Crippen MR) is 75.5 cm³/mol. The lowest BCUT2D eigenvalue weighted by Gasteiger charge is -2.10. The molecule has 5 heteroatoms. The van der Waals surface area contributed by atoms with E-state index >= 15 is 0 Å². The fourth-order valence-corrected chi connectivity index (χ4v) is 2.06. The lowest BCUT2D eigenvalue weighted by molar-refractivity contribution is -0.123. The molecule has 1 aliphatic carbocycles. The summed E-state index contributed by atoms with van der Waals surface area (Å²) < 4.78 is 5.41. The molecule has 0 saturated heterocycles. The summed E-state index contributed by atoms with van der Waals surface area (Å²) in [6.07, 6.45) is 2.90. The van der Waals surface area contributed by atoms with Gasteiger partial charge in [0.25, 0.3) is 5.91 Å². The molecule has 1 amide bonds. The van der Waals surface area contributed by atoms with Crippen LogP contribution in [0, 0.1) is 0 Å². The third-order valence-electron chi connectivity index (χ3n) is 2.86. The first-order valence-electron chi connectivity index (χ1n) is 6.51. The van der Waals surface area contributed by atoms with Crippen molar-refractivity contribution < 1.29 is 9.53 Å². The lowest BCUT2D eigenvalue weighted by Crippen LogP contribution is -2.30. The molecule has 1 unspecified atom stereocenters. The number of carbonyl (C=O) groups excluding carboxylic acids is 1. The van der Waals surface area contributed by atoms with E-state index in [4.69, 9.17) is 22.1 Å². The number of amides is 1. The van der Waals surface area contributed by atoms with Crippen molar-refractivity contribution in [1.29, 1.82) is 0 Å². The Morgan fingerprint density at radius 3 is 2.89 bits per heavy atom. The van der Waals surface area contributed by atoms with Crippen molar-refractivity contribution in [2.45, 2.75) is 38.3 Å². The van der Waals surface area contributed by atoms with Gasteiger partial charge in [-0.3, -0.25) is 4.79 Å². The highest BCUT2D eigenvalue weighted by Crippen LogP contribution is 2.26. The maximum atomic E-state index is 11.5. The molecule has 0 spiro atoms. The molecule has 1 aromatic carbocycles. The molecule has 1 aromatic rings. The number of carbonyl (C=O) groups is 1. The van der Waals surface area contributed by atoms with E-state index in [1.165, 1.54) is 0 Å². The monoisotopic (exact) mass is 282 g/mol. The molecule has 4 nitrogen and oxygen atoms in total. The van der Waals surface area contributed by atoms with Gasteiger partial charge < -0.3 is 15.8 Å². The first-order valence-corrected chi connectivity index (χ1v) is 6.88. The van der Waals surface area contributed by atoms with Crippen LogP contribution in [0.4, 0.5) is 0 Å². The smallest absolute Gasteiger partial charge is 0.258 e. The average molecular weight is 283 g/mol. The zero-order chi connectivity index (χ0) is 13.8. The van der Waals surface area contributed by atoms with Crippen molar-refractivity contribution in [1.82, 2.24) is 5.32 Å². The highest BCUT2D eigenvalue weighted by Gasteiger charge is 2.23. The second-order valence-electron chi connectivity index (χ2n) is 5.08. The van der Waals surface area contributed by atoms with Gasteiger partial charge in [-0.05, 0) is 43.9 Å². The van der Waals surface area contributed by atoms with Crippen LogP contribution in [0.15, 0.2) is 18.2 Å². The van der Waals surface area contributed by atoms with Gasteiger partial charge in [0.2, 0.25) is 0 Å². The summed E-state index contributed by atoms with van der Waals surface area (Å²) in [5.41, 5.74) is 6.80. The standard InChI is InChI=1S/C14H19ClN2O2/c1-9(16)6-10-2-5-13(12(15)7-10)19-8-14(18)17-11-3-4-11/h2,5,7,9,11H,3-4,6,8,16H2,1H3,(H,17,18). The van der Waals surface area contributed by atoms with Crippen molar-refractivity contribution >= 4 is 17.5 Å². The molecule has 1 aliphatic rings. The molecular weight excluding hydrogens is 264 g/mol. The van der Waals surface area contributed by atoms with Crippen molar-refractivity contribution in [3.8, 4) is 5.75 Å². The van der Waals surface area contributed by atoms with E-state index < -0.39 is 0 Å². The topological polar surface area (TPSA) is 64.3 Å². The number of hydrogen-bond donors (Lipinski definition) is 2. The minimum Gasteiger partial charge on any atom is -0.482 e. The van der Waals surface area contributed by atoms with Crippen LogP contribution in [-0.4, -0.2) is 24.6 Å². The summed E-state index contributed by atoms with van der Waals surface area (Å²) >= 11 is 6.12. The van der Waals surface area contributed by atoms with Gasteiger partial charge in [-0.15, -0.1) is 0 Å². The summed E-state index contributed by atoms with van der Waals surface area (Å²) in [5, 5.41) is 3.37. The van der Waals surface area contributed by atoms with Gasteiger partial charge in [-0.2, -0.15) is 0 Å². The highest BCUT2D eigenvalue weighted by molar-refractivity contribution is 6.32. The Bertz CT molecular complexity index is 459. The molecule has 104 valence electrons. The van der Waals surface area contributed by atoms with Crippen molar-refractivity contribution in [2.75, 3.05) is 6.61 Å². The van der Waals surface area contributed by atoms with Crippen molar-refractivity contribution in [3.63, 3.8) is 0 Å². The summed E-state index contributed by atoms with van der Waals surface area (Å²) in [7, 11) is 0. The van der Waals surface area contributed by atoms with E-state index in [0.29, 0.717) is 16.8 Å². The lowest BCUT2D eigenvalue weighted by atomic mass is 10.1. The van der Waals surface area contributed by atoms with Crippen LogP contribution in [-0.2, 0) is 11.2 Å².